The van der Waals surface area contributed by atoms with Gasteiger partial charge in [0.05, 0.1) is 10.4 Å². The zero-order valence-electron chi connectivity index (χ0n) is 41.7. The van der Waals surface area contributed by atoms with Crippen molar-refractivity contribution in [3.8, 4) is 11.1 Å². The van der Waals surface area contributed by atoms with Gasteiger partial charge in [-0.25, -0.2) is 0 Å². The lowest BCUT2D eigenvalue weighted by atomic mass is 9.33. The van der Waals surface area contributed by atoms with Crippen LogP contribution < -0.4 is 26.2 Å². The van der Waals surface area contributed by atoms with Crippen LogP contribution in [0.3, 0.4) is 0 Å². The highest BCUT2D eigenvalue weighted by atomic mass is 32.1. The third-order valence-electron chi connectivity index (χ3n) is 14.5. The smallest absolute Gasteiger partial charge is 0.252 e. The van der Waals surface area contributed by atoms with Crippen molar-refractivity contribution in [2.45, 2.75) is 111 Å². The van der Waals surface area contributed by atoms with Gasteiger partial charge < -0.3 is 9.80 Å². The molecule has 3 aliphatic rings. The molecule has 0 saturated heterocycles. The molecule has 7 aromatic carbocycles. The van der Waals surface area contributed by atoms with Crippen LogP contribution in [0, 0.1) is 13.8 Å². The molecule has 11 rings (SSSR count). The van der Waals surface area contributed by atoms with Gasteiger partial charge in [0, 0.05) is 48.0 Å². The van der Waals surface area contributed by atoms with Crippen molar-refractivity contribution in [3.05, 3.63) is 161 Å². The summed E-state index contributed by atoms with van der Waals surface area (Å²) in [4.78, 5) is 4.91. The topological polar surface area (TPSA) is 6.48 Å². The molecule has 1 aliphatic carbocycles. The van der Waals surface area contributed by atoms with E-state index in [0.29, 0.717) is 5.56 Å². The van der Waals surface area contributed by atoms with Crippen LogP contribution in [0.4, 0.5) is 34.1 Å². The number of thiophene rings is 1. The molecule has 3 heterocycles. The second-order valence-corrected chi connectivity index (χ2v) is 23.1. The van der Waals surface area contributed by atoms with Crippen molar-refractivity contribution in [2.75, 3.05) is 9.80 Å². The molecule has 2 aliphatic heterocycles. The molecule has 8 aromatic rings. The summed E-state index contributed by atoms with van der Waals surface area (Å²) < 4.78 is 30.0. The number of hydrogen-bond acceptors (Lipinski definition) is 3. The molecule has 2 nitrogen and oxygen atoms in total. The van der Waals surface area contributed by atoms with E-state index < -0.39 is 6.85 Å². The minimum absolute atomic E-state index is 0.0353. The molecule has 4 heteroatoms. The first-order chi connectivity index (χ1) is 31.0. The maximum Gasteiger partial charge on any atom is 0.252 e. The van der Waals surface area contributed by atoms with E-state index in [1.54, 1.807) is 0 Å². The highest BCUT2D eigenvalue weighted by Gasteiger charge is 2.48. The molecule has 63 heavy (non-hydrogen) atoms. The second-order valence-electron chi connectivity index (χ2n) is 22.0. The van der Waals surface area contributed by atoms with Gasteiger partial charge in [0.1, 0.15) is 0 Å². The van der Waals surface area contributed by atoms with Crippen molar-refractivity contribution in [2.24, 2.45) is 0 Å². The number of anilines is 6. The lowest BCUT2D eigenvalue weighted by molar-refractivity contribution is 0.403. The van der Waals surface area contributed by atoms with E-state index in [1.807, 2.05) is 23.5 Å². The zero-order chi connectivity index (χ0) is 46.6. The lowest BCUT2D eigenvalue weighted by Gasteiger charge is -2.45. The van der Waals surface area contributed by atoms with Crippen LogP contribution in [0.25, 0.3) is 31.3 Å². The molecular weight excluding hydrogens is 780 g/mol. The number of benzene rings is 7. The molecule has 314 valence electrons. The van der Waals surface area contributed by atoms with Crippen LogP contribution in [0.1, 0.15) is 113 Å². The average molecular weight is 842 g/mol. The first kappa shape index (κ1) is 36.9. The van der Waals surface area contributed by atoms with Gasteiger partial charge in [-0.3, -0.25) is 0 Å². The number of nitrogens with zero attached hydrogens (tertiary/aromatic N) is 2. The minimum Gasteiger partial charge on any atom is -0.311 e. The van der Waals surface area contributed by atoms with Gasteiger partial charge >= 0.3 is 0 Å². The predicted molar refractivity (Wildman–Crippen MR) is 276 cm³/mol. The van der Waals surface area contributed by atoms with Crippen molar-refractivity contribution in [1.29, 1.82) is 0 Å². The minimum atomic E-state index is -2.38. The SMILES string of the molecule is [2H]C([2H])([2H])c1cc2c3c(c1)N(c1cc(C(C)(C)C)cc4c1sc1ccccc14)c1cc4c(cc1B3c1ccc(C(C)(C)C)cc1N2c1cc(-c2ccccc2)ccc1C)C(C)(C)CC4(C)C. The second kappa shape index (κ2) is 13.5. The van der Waals surface area contributed by atoms with Crippen LogP contribution >= 0.6 is 11.3 Å². The first-order valence-electron chi connectivity index (χ1n) is 24.3. The van der Waals surface area contributed by atoms with Crippen LogP contribution in [0.15, 0.2) is 127 Å². The van der Waals surface area contributed by atoms with Gasteiger partial charge in [-0.05, 0) is 151 Å². The Kier molecular flexibility index (Phi) is 7.88. The van der Waals surface area contributed by atoms with E-state index >= 15 is 0 Å². The fraction of sp³-hybridized carbons (Fsp3) is 0.288. The molecule has 0 N–H and O–H groups in total. The summed E-state index contributed by atoms with van der Waals surface area (Å²) in [7, 11) is 0. The van der Waals surface area contributed by atoms with Gasteiger partial charge in [0.25, 0.3) is 6.71 Å². The van der Waals surface area contributed by atoms with Gasteiger partial charge in [-0.15, -0.1) is 11.3 Å². The van der Waals surface area contributed by atoms with E-state index in [2.05, 4.69) is 201 Å². The van der Waals surface area contributed by atoms with Crippen LogP contribution in [-0.4, -0.2) is 6.71 Å². The summed E-state index contributed by atoms with van der Waals surface area (Å²) in [6.07, 6.45) is 1.04. The molecule has 0 spiro atoms. The molecule has 0 unspecified atom stereocenters. The average Bonchev–Trinajstić information content (AvgIpc) is 3.72. The van der Waals surface area contributed by atoms with Crippen molar-refractivity contribution < 1.29 is 4.11 Å². The van der Waals surface area contributed by atoms with Crippen molar-refractivity contribution in [1.82, 2.24) is 0 Å². The summed E-state index contributed by atoms with van der Waals surface area (Å²) in [5, 5.41) is 2.48. The van der Waals surface area contributed by atoms with Crippen LogP contribution in [-0.2, 0) is 21.7 Å². The van der Waals surface area contributed by atoms with E-state index in [9.17, 15) is 4.11 Å². The maximum atomic E-state index is 9.18. The van der Waals surface area contributed by atoms with Gasteiger partial charge in [-0.2, -0.15) is 0 Å². The Morgan fingerprint density at radius 1 is 0.556 bits per heavy atom. The Morgan fingerprint density at radius 3 is 1.89 bits per heavy atom. The lowest BCUT2D eigenvalue weighted by Crippen LogP contribution is -2.61. The molecular formula is C59H59BN2S. The number of rotatable bonds is 3. The van der Waals surface area contributed by atoms with Crippen LogP contribution in [0.5, 0.6) is 0 Å². The van der Waals surface area contributed by atoms with Gasteiger partial charge in [-0.1, -0.05) is 148 Å². The van der Waals surface area contributed by atoms with E-state index in [1.165, 1.54) is 53.4 Å². The van der Waals surface area contributed by atoms with E-state index in [0.717, 1.165) is 62.7 Å². The fourth-order valence-corrected chi connectivity index (χ4v) is 12.7. The first-order valence-corrected chi connectivity index (χ1v) is 23.6. The van der Waals surface area contributed by atoms with Gasteiger partial charge in [0.15, 0.2) is 0 Å². The summed E-state index contributed by atoms with van der Waals surface area (Å²) in [5.74, 6) is 0. The van der Waals surface area contributed by atoms with Crippen molar-refractivity contribution in [3.63, 3.8) is 0 Å². The molecule has 0 fully saturated rings. The molecule has 1 aromatic heterocycles. The summed E-state index contributed by atoms with van der Waals surface area (Å²) in [6.45, 7) is 23.0. The molecule has 0 radical (unpaired) electrons. The standard InChI is InChI=1S/C59H59BN2S/c1-35-26-50-54-51(27-35)62(52-31-40(57(6,7)8)29-42-41-20-16-17-21-53(41)63-55(42)52)49-33-44-43(58(9,10)34-59(44,11)12)32-46(49)60(54)45-25-24-39(56(3,4)5)30-48(45)61(50)47-28-38(23-22-36(47)2)37-18-14-13-15-19-37/h13-33H,34H2,1-12H3/i1D3. The third kappa shape index (κ3) is 6.11. The summed E-state index contributed by atoms with van der Waals surface area (Å²) in [5.41, 5.74) is 18.5. The highest BCUT2D eigenvalue weighted by Crippen LogP contribution is 2.54. The Bertz CT molecular complexity index is 3330. The Balaban J connectivity index is 1.32. The predicted octanol–water partition coefficient (Wildman–Crippen LogP) is 15.0. The molecule has 0 atom stereocenters. The summed E-state index contributed by atoms with van der Waals surface area (Å²) >= 11 is 1.84. The quantitative estimate of drug-likeness (QED) is 0.164. The molecule has 0 amide bonds. The third-order valence-corrected chi connectivity index (χ3v) is 15.7. The monoisotopic (exact) mass is 841 g/mol. The van der Waals surface area contributed by atoms with Crippen LogP contribution in [0.2, 0.25) is 0 Å². The van der Waals surface area contributed by atoms with Crippen molar-refractivity contribution >= 4 is 88.7 Å². The fourth-order valence-electron chi connectivity index (χ4n) is 11.5. The number of hydrogen-bond donors (Lipinski definition) is 0. The Labute approximate surface area is 383 Å². The highest BCUT2D eigenvalue weighted by molar-refractivity contribution is 7.26. The Hall–Kier alpha value is -5.58. The van der Waals surface area contributed by atoms with E-state index in [4.69, 9.17) is 0 Å². The Morgan fingerprint density at radius 2 is 1.19 bits per heavy atom. The maximum absolute atomic E-state index is 9.18. The normalized spacial score (nSPS) is 16.9. The van der Waals surface area contributed by atoms with Gasteiger partial charge in [0.2, 0.25) is 0 Å². The molecule has 0 bridgehead atoms. The zero-order valence-corrected chi connectivity index (χ0v) is 39.5. The molecule has 0 saturated carbocycles. The summed E-state index contributed by atoms with van der Waals surface area (Å²) in [6, 6.07) is 47.1. The number of aryl methyl sites for hydroxylation is 2. The van der Waals surface area contributed by atoms with E-state index in [-0.39, 0.29) is 28.4 Å². The largest absolute Gasteiger partial charge is 0.311 e. The number of fused-ring (bicyclic) bond motifs is 8.